The number of aryl methyl sites for hydroxylation is 1. The monoisotopic (exact) mass is 266 g/mol. The van der Waals surface area contributed by atoms with Crippen molar-refractivity contribution in [2.75, 3.05) is 19.8 Å². The highest BCUT2D eigenvalue weighted by Gasteiger charge is 2.37. The van der Waals surface area contributed by atoms with Gasteiger partial charge in [-0.1, -0.05) is 6.42 Å². The summed E-state index contributed by atoms with van der Waals surface area (Å²) < 4.78 is 9.79. The second-order valence-electron chi connectivity index (χ2n) is 5.15. The van der Waals surface area contributed by atoms with Gasteiger partial charge in [0, 0.05) is 11.4 Å². The molecule has 18 heavy (non-hydrogen) atoms. The topological polar surface area (TPSA) is 42.4 Å². The number of morpholine rings is 1. The van der Waals surface area contributed by atoms with Crippen LogP contribution in [0.3, 0.4) is 0 Å². The van der Waals surface area contributed by atoms with Crippen molar-refractivity contribution in [3.63, 3.8) is 0 Å². The maximum atomic E-state index is 12.5. The molecule has 0 spiro atoms. The van der Waals surface area contributed by atoms with E-state index in [9.17, 15) is 4.79 Å². The second-order valence-corrected chi connectivity index (χ2v) is 6.16. The van der Waals surface area contributed by atoms with Gasteiger partial charge in [0.25, 0.3) is 5.91 Å². The first-order valence-corrected chi connectivity index (χ1v) is 7.35. The summed E-state index contributed by atoms with van der Waals surface area (Å²) in [4.78, 5) is 15.6. The standard InChI is InChI=1S/C13H18N2O2S/c1-9-7-11(14-18-9)13(16)15-5-6-17-8-12(15)10-3-2-4-10/h7,10,12H,2-6,8H2,1H3. The van der Waals surface area contributed by atoms with Crippen LogP contribution in [0.1, 0.15) is 34.6 Å². The number of nitrogens with zero attached hydrogens (tertiary/aromatic N) is 2. The molecule has 0 aromatic carbocycles. The molecule has 1 aromatic heterocycles. The van der Waals surface area contributed by atoms with Gasteiger partial charge in [-0.25, -0.2) is 0 Å². The highest BCUT2D eigenvalue weighted by molar-refractivity contribution is 7.05. The molecule has 4 nitrogen and oxygen atoms in total. The SMILES string of the molecule is Cc1cc(C(=O)N2CCOCC2C2CCC2)ns1. The molecule has 1 atom stereocenters. The lowest BCUT2D eigenvalue weighted by molar-refractivity contribution is -0.0332. The molecule has 1 unspecified atom stereocenters. The van der Waals surface area contributed by atoms with E-state index in [0.717, 1.165) is 4.88 Å². The van der Waals surface area contributed by atoms with E-state index >= 15 is 0 Å². The number of carbonyl (C=O) groups is 1. The molecule has 0 N–H and O–H groups in total. The molecule has 1 aliphatic heterocycles. The Morgan fingerprint density at radius 3 is 3.00 bits per heavy atom. The summed E-state index contributed by atoms with van der Waals surface area (Å²) in [7, 11) is 0. The van der Waals surface area contributed by atoms with Gasteiger partial charge in [-0.3, -0.25) is 4.79 Å². The first-order chi connectivity index (χ1) is 8.75. The van der Waals surface area contributed by atoms with Crippen LogP contribution in [-0.4, -0.2) is 41.0 Å². The minimum absolute atomic E-state index is 0.0829. The first kappa shape index (κ1) is 12.1. The Balaban J connectivity index is 1.77. The van der Waals surface area contributed by atoms with Crippen LogP contribution in [0.25, 0.3) is 0 Å². The molecule has 3 rings (SSSR count). The van der Waals surface area contributed by atoms with Crippen LogP contribution in [0.15, 0.2) is 6.07 Å². The van der Waals surface area contributed by atoms with Crippen LogP contribution < -0.4 is 0 Å². The summed E-state index contributed by atoms with van der Waals surface area (Å²) in [5.74, 6) is 0.716. The molecule has 2 aliphatic rings. The molecule has 2 fully saturated rings. The van der Waals surface area contributed by atoms with Gasteiger partial charge >= 0.3 is 0 Å². The van der Waals surface area contributed by atoms with E-state index in [2.05, 4.69) is 4.37 Å². The zero-order valence-electron chi connectivity index (χ0n) is 10.6. The number of ether oxygens (including phenoxy) is 1. The zero-order valence-corrected chi connectivity index (χ0v) is 11.4. The van der Waals surface area contributed by atoms with Gasteiger partial charge in [0.05, 0.1) is 19.3 Å². The predicted octanol–water partition coefficient (Wildman–Crippen LogP) is 2.09. The average Bonchev–Trinajstić information content (AvgIpc) is 2.74. The van der Waals surface area contributed by atoms with E-state index in [4.69, 9.17) is 4.74 Å². The van der Waals surface area contributed by atoms with Crippen LogP contribution in [-0.2, 0) is 4.74 Å². The van der Waals surface area contributed by atoms with Crippen molar-refractivity contribution in [2.24, 2.45) is 5.92 Å². The number of hydrogen-bond acceptors (Lipinski definition) is 4. The van der Waals surface area contributed by atoms with E-state index in [1.165, 1.54) is 30.8 Å². The van der Waals surface area contributed by atoms with Crippen LogP contribution in [0.5, 0.6) is 0 Å². The van der Waals surface area contributed by atoms with Crippen molar-refractivity contribution in [3.05, 3.63) is 16.6 Å². The third-order valence-electron chi connectivity index (χ3n) is 3.97. The Kier molecular flexibility index (Phi) is 3.35. The van der Waals surface area contributed by atoms with Gasteiger partial charge in [-0.05, 0) is 43.3 Å². The second kappa shape index (κ2) is 4.97. The van der Waals surface area contributed by atoms with Crippen molar-refractivity contribution >= 4 is 17.4 Å². The molecule has 5 heteroatoms. The predicted molar refractivity (Wildman–Crippen MR) is 69.8 cm³/mol. The summed E-state index contributed by atoms with van der Waals surface area (Å²) >= 11 is 1.40. The van der Waals surface area contributed by atoms with Gasteiger partial charge in [0.15, 0.2) is 0 Å². The number of amides is 1. The van der Waals surface area contributed by atoms with Crippen LogP contribution in [0, 0.1) is 12.8 Å². The molecule has 2 heterocycles. The Morgan fingerprint density at radius 2 is 2.39 bits per heavy atom. The first-order valence-electron chi connectivity index (χ1n) is 6.58. The van der Waals surface area contributed by atoms with Crippen molar-refractivity contribution in [1.29, 1.82) is 0 Å². The average molecular weight is 266 g/mol. The number of aromatic nitrogens is 1. The van der Waals surface area contributed by atoms with E-state index in [1.807, 2.05) is 17.9 Å². The largest absolute Gasteiger partial charge is 0.377 e. The van der Waals surface area contributed by atoms with Gasteiger partial charge in [-0.2, -0.15) is 4.37 Å². The Labute approximate surface area is 111 Å². The Bertz CT molecular complexity index is 442. The fourth-order valence-electron chi connectivity index (χ4n) is 2.70. The van der Waals surface area contributed by atoms with Gasteiger partial charge in [0.1, 0.15) is 5.69 Å². The third-order valence-corrected chi connectivity index (χ3v) is 4.66. The highest BCUT2D eigenvalue weighted by Crippen LogP contribution is 2.34. The van der Waals surface area contributed by atoms with Gasteiger partial charge in [-0.15, -0.1) is 0 Å². The quantitative estimate of drug-likeness (QED) is 0.823. The Morgan fingerprint density at radius 1 is 1.56 bits per heavy atom. The van der Waals surface area contributed by atoms with Crippen LogP contribution >= 0.6 is 11.5 Å². The molecule has 98 valence electrons. The Hall–Kier alpha value is -0.940. The number of rotatable bonds is 2. The van der Waals surface area contributed by atoms with Crippen molar-refractivity contribution < 1.29 is 9.53 Å². The molecule has 1 aliphatic carbocycles. The molecule has 1 saturated carbocycles. The highest BCUT2D eigenvalue weighted by atomic mass is 32.1. The summed E-state index contributed by atoms with van der Waals surface area (Å²) in [5, 5.41) is 0. The lowest BCUT2D eigenvalue weighted by Crippen LogP contribution is -2.53. The molecule has 0 bridgehead atoms. The van der Waals surface area contributed by atoms with E-state index < -0.39 is 0 Å². The van der Waals surface area contributed by atoms with Crippen molar-refractivity contribution in [1.82, 2.24) is 9.27 Å². The normalized spacial score (nSPS) is 24.9. The molecular weight excluding hydrogens is 248 g/mol. The van der Waals surface area contributed by atoms with Crippen molar-refractivity contribution in [3.8, 4) is 0 Å². The molecule has 1 amide bonds. The van der Waals surface area contributed by atoms with Crippen LogP contribution in [0.2, 0.25) is 0 Å². The minimum Gasteiger partial charge on any atom is -0.377 e. The van der Waals surface area contributed by atoms with E-state index in [1.54, 1.807) is 0 Å². The molecular formula is C13H18N2O2S. The fourth-order valence-corrected chi connectivity index (χ4v) is 3.24. The molecule has 1 saturated heterocycles. The van der Waals surface area contributed by atoms with E-state index in [-0.39, 0.29) is 11.9 Å². The fraction of sp³-hybridized carbons (Fsp3) is 0.692. The van der Waals surface area contributed by atoms with Gasteiger partial charge in [0.2, 0.25) is 0 Å². The molecule has 1 aromatic rings. The van der Waals surface area contributed by atoms with E-state index in [0.29, 0.717) is 31.4 Å². The lowest BCUT2D eigenvalue weighted by Gasteiger charge is -2.43. The van der Waals surface area contributed by atoms with Gasteiger partial charge < -0.3 is 9.64 Å². The zero-order chi connectivity index (χ0) is 12.5. The third kappa shape index (κ3) is 2.17. The maximum absolute atomic E-state index is 12.5. The maximum Gasteiger partial charge on any atom is 0.273 e. The van der Waals surface area contributed by atoms with Crippen molar-refractivity contribution in [2.45, 2.75) is 32.2 Å². The summed E-state index contributed by atoms with van der Waals surface area (Å²) in [5.41, 5.74) is 0.601. The lowest BCUT2D eigenvalue weighted by atomic mass is 9.79. The van der Waals surface area contributed by atoms with Crippen LogP contribution in [0.4, 0.5) is 0 Å². The molecule has 0 radical (unpaired) electrons. The summed E-state index contributed by atoms with van der Waals surface area (Å²) in [6, 6.07) is 2.15. The number of carbonyl (C=O) groups excluding carboxylic acids is 1. The smallest absolute Gasteiger partial charge is 0.273 e. The summed E-state index contributed by atoms with van der Waals surface area (Å²) in [6.45, 7) is 4.03. The number of hydrogen-bond donors (Lipinski definition) is 0. The summed E-state index contributed by atoms with van der Waals surface area (Å²) in [6.07, 6.45) is 3.75. The minimum atomic E-state index is 0.0829.